The number of fused-ring (bicyclic) bond motifs is 2. The van der Waals surface area contributed by atoms with Crippen molar-refractivity contribution in [3.05, 3.63) is 71.0 Å². The zero-order valence-corrected chi connectivity index (χ0v) is 15.5. The van der Waals surface area contributed by atoms with Crippen molar-refractivity contribution in [2.75, 3.05) is 6.79 Å². The molecule has 0 bridgehead atoms. The molecule has 0 spiro atoms. The molecule has 29 heavy (non-hydrogen) atoms. The Morgan fingerprint density at radius 2 is 1.72 bits per heavy atom. The van der Waals surface area contributed by atoms with Crippen molar-refractivity contribution in [2.45, 2.75) is 19.3 Å². The van der Waals surface area contributed by atoms with E-state index >= 15 is 0 Å². The lowest BCUT2D eigenvalue weighted by Crippen LogP contribution is -2.42. The molecule has 0 saturated carbocycles. The maximum absolute atomic E-state index is 12.7. The van der Waals surface area contributed by atoms with Gasteiger partial charge in [-0.2, -0.15) is 5.10 Å². The summed E-state index contributed by atoms with van der Waals surface area (Å²) in [4.78, 5) is 25.1. The van der Waals surface area contributed by atoms with Crippen LogP contribution in [0.2, 0.25) is 0 Å². The summed E-state index contributed by atoms with van der Waals surface area (Å²) in [7, 11) is 0. The number of hydrogen-bond acceptors (Lipinski definition) is 5. The van der Waals surface area contributed by atoms with Crippen LogP contribution in [0.15, 0.2) is 48.5 Å². The Balaban J connectivity index is 1.33. The van der Waals surface area contributed by atoms with Gasteiger partial charge in [-0.05, 0) is 49.6 Å². The maximum Gasteiger partial charge on any atom is 0.290 e. The Morgan fingerprint density at radius 1 is 0.931 bits per heavy atom. The minimum Gasteiger partial charge on any atom is -0.454 e. The topological polar surface area (TPSA) is 94.5 Å². The van der Waals surface area contributed by atoms with E-state index in [1.54, 1.807) is 18.2 Å². The molecule has 3 aromatic rings. The lowest BCUT2D eigenvalue weighted by atomic mass is 10.2. The first-order chi connectivity index (χ1) is 14.2. The average molecular weight is 390 g/mol. The van der Waals surface area contributed by atoms with E-state index in [1.165, 1.54) is 0 Å². The summed E-state index contributed by atoms with van der Waals surface area (Å²) in [5.41, 5.74) is 8.50. The van der Waals surface area contributed by atoms with Gasteiger partial charge in [0.15, 0.2) is 17.2 Å². The molecule has 1 aliphatic heterocycles. The number of nitrogens with one attached hydrogen (secondary N) is 2. The normalized spacial score (nSPS) is 13.8. The summed E-state index contributed by atoms with van der Waals surface area (Å²) in [5.74, 6) is 0.207. The van der Waals surface area contributed by atoms with Crippen LogP contribution in [-0.4, -0.2) is 28.4 Å². The van der Waals surface area contributed by atoms with Crippen LogP contribution in [0.5, 0.6) is 11.5 Å². The molecule has 8 heteroatoms. The number of hydrazine groups is 1. The van der Waals surface area contributed by atoms with Gasteiger partial charge in [0.2, 0.25) is 6.79 Å². The number of nitrogens with zero attached hydrogens (tertiary/aromatic N) is 2. The molecular formula is C21H18N4O4. The van der Waals surface area contributed by atoms with E-state index in [2.05, 4.69) is 16.0 Å². The fraction of sp³-hybridized carbons (Fsp3) is 0.190. The largest absolute Gasteiger partial charge is 0.454 e. The molecule has 2 aliphatic rings. The molecule has 0 atom stereocenters. The van der Waals surface area contributed by atoms with E-state index in [4.69, 9.17) is 9.47 Å². The molecule has 0 unspecified atom stereocenters. The molecule has 5 rings (SSSR count). The maximum atomic E-state index is 12.7. The minimum atomic E-state index is -0.448. The highest BCUT2D eigenvalue weighted by Crippen LogP contribution is 2.32. The Kier molecular flexibility index (Phi) is 4.16. The highest BCUT2D eigenvalue weighted by Gasteiger charge is 2.27. The van der Waals surface area contributed by atoms with Crippen LogP contribution in [0.3, 0.4) is 0 Å². The minimum absolute atomic E-state index is 0.131. The average Bonchev–Trinajstić information content (AvgIpc) is 3.47. The molecule has 0 fully saturated rings. The van der Waals surface area contributed by atoms with Crippen LogP contribution >= 0.6 is 0 Å². The van der Waals surface area contributed by atoms with E-state index in [0.717, 1.165) is 36.2 Å². The smallest absolute Gasteiger partial charge is 0.290 e. The molecule has 1 aliphatic carbocycles. The van der Waals surface area contributed by atoms with Gasteiger partial charge in [0, 0.05) is 16.8 Å². The van der Waals surface area contributed by atoms with Crippen LogP contribution < -0.4 is 20.3 Å². The lowest BCUT2D eigenvalue weighted by Gasteiger charge is -2.07. The van der Waals surface area contributed by atoms with Gasteiger partial charge >= 0.3 is 0 Å². The van der Waals surface area contributed by atoms with Crippen molar-refractivity contribution in [2.24, 2.45) is 0 Å². The quantitative estimate of drug-likeness (QED) is 0.669. The number of rotatable bonds is 3. The summed E-state index contributed by atoms with van der Waals surface area (Å²) in [6.07, 6.45) is 2.64. The van der Waals surface area contributed by atoms with Crippen molar-refractivity contribution in [3.63, 3.8) is 0 Å². The second-order valence-electron chi connectivity index (χ2n) is 6.85. The number of benzene rings is 2. The van der Waals surface area contributed by atoms with Crippen molar-refractivity contribution < 1.29 is 19.1 Å². The molecule has 0 radical (unpaired) electrons. The SMILES string of the molecule is O=C(NNC(=O)c1nn(-c2ccccc2)c2c1CCC2)c1ccc2c(c1)OCO2. The number of ether oxygens (including phenoxy) is 2. The molecule has 2 amide bonds. The highest BCUT2D eigenvalue weighted by molar-refractivity contribution is 5.99. The Morgan fingerprint density at radius 3 is 2.59 bits per heavy atom. The first-order valence-electron chi connectivity index (χ1n) is 9.37. The summed E-state index contributed by atoms with van der Waals surface area (Å²) in [6, 6.07) is 14.6. The highest BCUT2D eigenvalue weighted by atomic mass is 16.7. The molecule has 0 saturated heterocycles. The fourth-order valence-corrected chi connectivity index (χ4v) is 3.69. The number of para-hydroxylation sites is 1. The predicted octanol–water partition coefficient (Wildman–Crippen LogP) is 2.16. The number of carbonyl (C=O) groups excluding carboxylic acids is 2. The standard InChI is InChI=1S/C21H18N4O4/c26-20(13-9-10-17-18(11-13)29-12-28-17)22-23-21(27)19-15-7-4-8-16(15)25(24-19)14-5-2-1-3-6-14/h1-3,5-6,9-11H,4,7-8,12H2,(H,22,26)(H,23,27). The van der Waals surface area contributed by atoms with Gasteiger partial charge in [-0.3, -0.25) is 20.4 Å². The molecule has 2 N–H and O–H groups in total. The second-order valence-corrected chi connectivity index (χ2v) is 6.85. The summed E-state index contributed by atoms with van der Waals surface area (Å²) < 4.78 is 12.3. The third-order valence-corrected chi connectivity index (χ3v) is 5.07. The van der Waals surface area contributed by atoms with E-state index in [-0.39, 0.29) is 6.79 Å². The van der Waals surface area contributed by atoms with E-state index < -0.39 is 11.8 Å². The van der Waals surface area contributed by atoms with Crippen molar-refractivity contribution in [1.29, 1.82) is 0 Å². The molecule has 1 aromatic heterocycles. The summed E-state index contributed by atoms with van der Waals surface area (Å²) in [5, 5.41) is 4.52. The summed E-state index contributed by atoms with van der Waals surface area (Å²) >= 11 is 0. The molecular weight excluding hydrogens is 372 g/mol. The van der Waals surface area contributed by atoms with Gasteiger partial charge < -0.3 is 9.47 Å². The lowest BCUT2D eigenvalue weighted by molar-refractivity contribution is 0.0843. The van der Waals surface area contributed by atoms with Crippen LogP contribution in [0, 0.1) is 0 Å². The van der Waals surface area contributed by atoms with Gasteiger partial charge in [0.1, 0.15) is 0 Å². The summed E-state index contributed by atoms with van der Waals surface area (Å²) in [6.45, 7) is 0.131. The van der Waals surface area contributed by atoms with E-state index in [1.807, 2.05) is 35.0 Å². The number of aromatic nitrogens is 2. The fourth-order valence-electron chi connectivity index (χ4n) is 3.69. The first-order valence-corrected chi connectivity index (χ1v) is 9.37. The molecule has 2 aromatic carbocycles. The molecule has 8 nitrogen and oxygen atoms in total. The Bertz CT molecular complexity index is 1110. The van der Waals surface area contributed by atoms with E-state index in [9.17, 15) is 9.59 Å². The van der Waals surface area contributed by atoms with E-state index in [0.29, 0.717) is 22.8 Å². The van der Waals surface area contributed by atoms with Crippen LogP contribution in [0.25, 0.3) is 5.69 Å². The zero-order chi connectivity index (χ0) is 19.8. The Hall–Kier alpha value is -3.81. The van der Waals surface area contributed by atoms with Crippen LogP contribution in [-0.2, 0) is 12.8 Å². The van der Waals surface area contributed by atoms with Gasteiger partial charge in [0.05, 0.1) is 5.69 Å². The molecule has 2 heterocycles. The second kappa shape index (κ2) is 6.97. The monoisotopic (exact) mass is 390 g/mol. The predicted molar refractivity (Wildman–Crippen MR) is 103 cm³/mol. The van der Waals surface area contributed by atoms with Crippen LogP contribution in [0.1, 0.15) is 38.5 Å². The molecule has 146 valence electrons. The first kappa shape index (κ1) is 17.3. The van der Waals surface area contributed by atoms with Gasteiger partial charge in [-0.15, -0.1) is 0 Å². The zero-order valence-electron chi connectivity index (χ0n) is 15.5. The number of hydrogen-bond donors (Lipinski definition) is 2. The van der Waals surface area contributed by atoms with Crippen molar-refractivity contribution in [1.82, 2.24) is 20.6 Å². The third kappa shape index (κ3) is 3.08. The van der Waals surface area contributed by atoms with Crippen molar-refractivity contribution in [3.8, 4) is 17.2 Å². The van der Waals surface area contributed by atoms with Gasteiger partial charge in [0.25, 0.3) is 11.8 Å². The van der Waals surface area contributed by atoms with Gasteiger partial charge in [-0.25, -0.2) is 4.68 Å². The Labute approximate surface area is 166 Å². The number of amides is 2. The number of carbonyl (C=O) groups is 2. The van der Waals surface area contributed by atoms with Crippen molar-refractivity contribution >= 4 is 11.8 Å². The van der Waals surface area contributed by atoms with Gasteiger partial charge in [-0.1, -0.05) is 18.2 Å². The van der Waals surface area contributed by atoms with Crippen LogP contribution in [0.4, 0.5) is 0 Å². The third-order valence-electron chi connectivity index (χ3n) is 5.07.